The van der Waals surface area contributed by atoms with Crippen LogP contribution >= 0.6 is 0 Å². The average molecular weight is 599 g/mol. The van der Waals surface area contributed by atoms with Crippen molar-refractivity contribution in [2.45, 2.75) is 64.6 Å². The highest BCUT2D eigenvalue weighted by Gasteiger charge is 2.31. The van der Waals surface area contributed by atoms with Gasteiger partial charge in [-0.3, -0.25) is 24.3 Å². The lowest BCUT2D eigenvalue weighted by Gasteiger charge is -2.37. The minimum Gasteiger partial charge on any atom is -0.487 e. The Balaban J connectivity index is 1.24. The second kappa shape index (κ2) is 13.5. The summed E-state index contributed by atoms with van der Waals surface area (Å²) in [6, 6.07) is 1.08. The number of hydrogen-bond donors (Lipinski definition) is 3. The van der Waals surface area contributed by atoms with Gasteiger partial charge in [0, 0.05) is 45.3 Å². The number of nitrogens with zero attached hydrogens (tertiary/aromatic N) is 6. The number of aromatic nitrogens is 4. The van der Waals surface area contributed by atoms with Gasteiger partial charge in [0.1, 0.15) is 23.6 Å². The number of rotatable bonds is 12. The van der Waals surface area contributed by atoms with Crippen LogP contribution in [0.25, 0.3) is 10.9 Å². The van der Waals surface area contributed by atoms with Crippen molar-refractivity contribution in [3.63, 3.8) is 0 Å². The summed E-state index contributed by atoms with van der Waals surface area (Å²) in [4.78, 5) is 41.9. The number of benzene rings is 1. The van der Waals surface area contributed by atoms with Crippen LogP contribution < -0.4 is 25.9 Å². The molecule has 1 aromatic carbocycles. The molecule has 2 amide bonds. The second-order valence-corrected chi connectivity index (χ2v) is 11.4. The Morgan fingerprint density at radius 2 is 1.86 bits per heavy atom. The molecule has 0 spiro atoms. The van der Waals surface area contributed by atoms with E-state index in [1.54, 1.807) is 22.6 Å². The van der Waals surface area contributed by atoms with Crippen molar-refractivity contribution in [3.05, 3.63) is 45.8 Å². The van der Waals surface area contributed by atoms with E-state index in [-0.39, 0.29) is 29.4 Å². The van der Waals surface area contributed by atoms with E-state index in [4.69, 9.17) is 9.94 Å². The molecule has 1 fully saturated rings. The van der Waals surface area contributed by atoms with E-state index in [1.807, 2.05) is 23.4 Å². The van der Waals surface area contributed by atoms with Crippen LogP contribution in [0, 0.1) is 5.82 Å². The molecule has 14 heteroatoms. The maximum absolute atomic E-state index is 15.6. The molecule has 4 heterocycles. The third kappa shape index (κ3) is 6.80. The highest BCUT2D eigenvalue weighted by atomic mass is 19.1. The minimum absolute atomic E-state index is 0.0668. The summed E-state index contributed by atoms with van der Waals surface area (Å²) < 4.78 is 25.2. The van der Waals surface area contributed by atoms with Crippen molar-refractivity contribution in [3.8, 4) is 5.75 Å². The molecule has 3 aromatic rings. The second-order valence-electron chi connectivity index (χ2n) is 11.4. The predicted octanol–water partition coefficient (Wildman–Crippen LogP) is 2.21. The summed E-state index contributed by atoms with van der Waals surface area (Å²) in [6.07, 6.45) is 8.05. The first-order valence-electron chi connectivity index (χ1n) is 14.8. The molecule has 1 saturated heterocycles. The summed E-state index contributed by atoms with van der Waals surface area (Å²) >= 11 is 0. The van der Waals surface area contributed by atoms with Gasteiger partial charge < -0.3 is 24.4 Å². The van der Waals surface area contributed by atoms with E-state index in [9.17, 15) is 14.4 Å². The van der Waals surface area contributed by atoms with Gasteiger partial charge in [-0.2, -0.15) is 0 Å². The van der Waals surface area contributed by atoms with Crippen molar-refractivity contribution in [1.82, 2.24) is 35.3 Å². The van der Waals surface area contributed by atoms with E-state index in [2.05, 4.69) is 20.5 Å². The zero-order valence-corrected chi connectivity index (χ0v) is 24.6. The first-order valence-corrected chi connectivity index (χ1v) is 14.8. The lowest BCUT2D eigenvalue weighted by atomic mass is 10.0. The van der Waals surface area contributed by atoms with E-state index >= 15 is 4.39 Å². The number of piperazine rings is 1. The highest BCUT2D eigenvalue weighted by Crippen LogP contribution is 2.42. The van der Waals surface area contributed by atoms with E-state index in [0.717, 1.165) is 45.2 Å². The van der Waals surface area contributed by atoms with Crippen molar-refractivity contribution >= 4 is 28.4 Å². The van der Waals surface area contributed by atoms with Gasteiger partial charge in [0.15, 0.2) is 11.6 Å². The minimum atomic E-state index is -0.566. The van der Waals surface area contributed by atoms with Crippen LogP contribution in [-0.4, -0.2) is 81.3 Å². The van der Waals surface area contributed by atoms with Gasteiger partial charge >= 0.3 is 0 Å². The van der Waals surface area contributed by atoms with E-state index in [1.165, 1.54) is 6.07 Å². The fourth-order valence-corrected chi connectivity index (χ4v) is 5.64. The van der Waals surface area contributed by atoms with Gasteiger partial charge in [-0.1, -0.05) is 24.5 Å². The number of hydroxylamine groups is 1. The molecule has 0 aliphatic carbocycles. The van der Waals surface area contributed by atoms with E-state index < -0.39 is 17.2 Å². The zero-order valence-electron chi connectivity index (χ0n) is 24.6. The third-order valence-electron chi connectivity index (χ3n) is 8.14. The summed E-state index contributed by atoms with van der Waals surface area (Å²) in [6.45, 7) is 5.86. The number of carbonyl (C=O) groups is 2. The van der Waals surface area contributed by atoms with Crippen LogP contribution in [0.4, 0.5) is 10.1 Å². The number of unbranched alkanes of at least 4 members (excludes halogenated alkanes) is 4. The van der Waals surface area contributed by atoms with E-state index in [0.29, 0.717) is 55.3 Å². The smallest absolute Gasteiger partial charge is 0.257 e. The predicted molar refractivity (Wildman–Crippen MR) is 157 cm³/mol. The van der Waals surface area contributed by atoms with Gasteiger partial charge in [0.05, 0.1) is 29.7 Å². The third-order valence-corrected chi connectivity index (χ3v) is 8.14. The number of amides is 2. The molecule has 0 saturated carbocycles. The Kier molecular flexibility index (Phi) is 9.56. The largest absolute Gasteiger partial charge is 0.487 e. The van der Waals surface area contributed by atoms with Crippen LogP contribution in [0.2, 0.25) is 0 Å². The number of carbonyl (C=O) groups excluding carboxylic acids is 2. The Morgan fingerprint density at radius 1 is 1.12 bits per heavy atom. The Bertz CT molecular complexity index is 1530. The monoisotopic (exact) mass is 598 g/mol. The van der Waals surface area contributed by atoms with Crippen molar-refractivity contribution < 1.29 is 23.9 Å². The van der Waals surface area contributed by atoms with Gasteiger partial charge in [-0.15, -0.1) is 5.10 Å². The SMILES string of the molecule is C[C@H]1COc2c(N3CCN(C)CC3)c(F)cc3c(=O)c(C(=O)NCc4cn(CCCCCCCC(=O)NO)nn4)cn1c23. The maximum atomic E-state index is 15.6. The molecule has 5 rings (SSSR count). The summed E-state index contributed by atoms with van der Waals surface area (Å²) in [5, 5.41) is 19.6. The van der Waals surface area contributed by atoms with Crippen molar-refractivity contribution in [2.75, 3.05) is 44.7 Å². The molecule has 0 unspecified atom stereocenters. The Hall–Kier alpha value is -4.04. The normalized spacial score (nSPS) is 16.7. The van der Waals surface area contributed by atoms with Gasteiger partial charge in [-0.25, -0.2) is 9.87 Å². The molecule has 0 bridgehead atoms. The topological polar surface area (TPSA) is 147 Å². The van der Waals surface area contributed by atoms with Crippen LogP contribution in [0.3, 0.4) is 0 Å². The molecular weight excluding hydrogens is 559 g/mol. The van der Waals surface area contributed by atoms with Crippen LogP contribution in [0.5, 0.6) is 5.75 Å². The van der Waals surface area contributed by atoms with Gasteiger partial charge in [0.25, 0.3) is 5.91 Å². The van der Waals surface area contributed by atoms with Crippen molar-refractivity contribution in [1.29, 1.82) is 0 Å². The standard InChI is InChI=1S/C29H39FN8O5/c1-19-18-43-28-25-21(14-23(30)26(28)36-12-10-35(2)11-13-36)27(40)22(17-38(19)25)29(41)31-15-20-16-37(34-32-20)9-7-5-3-4-6-8-24(39)33-42/h14,16-17,19,42H,3-13,15,18H2,1-2H3,(H,31,41)(H,33,39)/t19-/m0/s1. The zero-order chi connectivity index (χ0) is 30.5. The first-order chi connectivity index (χ1) is 20.8. The molecule has 2 aliphatic rings. The Morgan fingerprint density at radius 3 is 2.63 bits per heavy atom. The molecule has 2 aromatic heterocycles. The summed E-state index contributed by atoms with van der Waals surface area (Å²) in [7, 11) is 2.03. The number of halogens is 1. The van der Waals surface area contributed by atoms with Gasteiger partial charge in [-0.05, 0) is 32.9 Å². The molecule has 13 nitrogen and oxygen atoms in total. The number of hydrogen-bond acceptors (Lipinski definition) is 9. The lowest BCUT2D eigenvalue weighted by molar-refractivity contribution is -0.129. The quantitative estimate of drug-likeness (QED) is 0.162. The fourth-order valence-electron chi connectivity index (χ4n) is 5.64. The number of anilines is 1. The van der Waals surface area contributed by atoms with Crippen LogP contribution in [0.1, 0.15) is 67.5 Å². The highest BCUT2D eigenvalue weighted by molar-refractivity contribution is 6.00. The van der Waals surface area contributed by atoms with Gasteiger partial charge in [0.2, 0.25) is 11.3 Å². The van der Waals surface area contributed by atoms with Crippen LogP contribution in [-0.2, 0) is 17.9 Å². The molecule has 232 valence electrons. The molecule has 2 aliphatic heterocycles. The molecule has 43 heavy (non-hydrogen) atoms. The van der Waals surface area contributed by atoms with Crippen LogP contribution in [0.15, 0.2) is 23.3 Å². The number of aryl methyl sites for hydroxylation is 1. The lowest BCUT2D eigenvalue weighted by Crippen LogP contribution is -2.45. The Labute approximate surface area is 248 Å². The fraction of sp³-hybridized carbons (Fsp3) is 0.552. The number of likely N-dealkylation sites (N-methyl/N-ethyl adjacent to an activating group) is 1. The number of nitrogens with one attached hydrogen (secondary N) is 2. The molecular formula is C29H39FN8O5. The average Bonchev–Trinajstić information content (AvgIpc) is 3.46. The summed E-state index contributed by atoms with van der Waals surface area (Å²) in [5.41, 5.74) is 2.45. The number of ether oxygens (including phenoxy) is 1. The number of pyridine rings is 1. The maximum Gasteiger partial charge on any atom is 0.257 e. The first kappa shape index (κ1) is 30.4. The molecule has 3 N–H and O–H groups in total. The summed E-state index contributed by atoms with van der Waals surface area (Å²) in [5.74, 6) is -1.12. The van der Waals surface area contributed by atoms with Crippen molar-refractivity contribution in [2.24, 2.45) is 0 Å². The molecule has 0 radical (unpaired) electrons. The molecule has 1 atom stereocenters.